The van der Waals surface area contributed by atoms with Gasteiger partial charge in [-0.15, -0.1) is 0 Å². The molecule has 0 aliphatic carbocycles. The topological polar surface area (TPSA) is 52.7 Å². The summed E-state index contributed by atoms with van der Waals surface area (Å²) in [5.41, 5.74) is -0.528. The molecule has 5 nitrogen and oxygen atoms in total. The van der Waals surface area contributed by atoms with Crippen LogP contribution in [0.15, 0.2) is 24.3 Å². The highest BCUT2D eigenvalue weighted by atomic mass is 19.4. The molecule has 0 aliphatic heterocycles. The molecule has 2 amide bonds. The molecule has 0 heterocycles. The molecule has 0 aliphatic rings. The number of hydrogen-bond donors (Lipinski definition) is 1. The molecule has 0 aromatic heterocycles. The van der Waals surface area contributed by atoms with E-state index in [1.54, 1.807) is 0 Å². The Morgan fingerprint density at radius 3 is 2.12 bits per heavy atom. The van der Waals surface area contributed by atoms with Gasteiger partial charge in [0.1, 0.15) is 0 Å². The molecule has 1 aromatic carbocycles. The zero-order valence-electron chi connectivity index (χ0n) is 14.0. The van der Waals surface area contributed by atoms with E-state index in [4.69, 9.17) is 0 Å². The lowest BCUT2D eigenvalue weighted by Crippen LogP contribution is -2.38. The number of rotatable bonds is 7. The fourth-order valence-electron chi connectivity index (χ4n) is 2.04. The summed E-state index contributed by atoms with van der Waals surface area (Å²) in [7, 11) is 3.82. The maximum absolute atomic E-state index is 12.5. The number of hydrogen-bond acceptors (Lipinski definition) is 3. The summed E-state index contributed by atoms with van der Waals surface area (Å²) < 4.78 is 37.4. The van der Waals surface area contributed by atoms with Crippen LogP contribution in [0.3, 0.4) is 0 Å². The summed E-state index contributed by atoms with van der Waals surface area (Å²) >= 11 is 0. The maximum atomic E-state index is 12.5. The van der Waals surface area contributed by atoms with Crippen LogP contribution in [0.2, 0.25) is 0 Å². The monoisotopic (exact) mass is 345 g/mol. The minimum Gasteiger partial charge on any atom is -0.334 e. The van der Waals surface area contributed by atoms with Gasteiger partial charge in [-0.2, -0.15) is 13.2 Å². The number of amides is 2. The van der Waals surface area contributed by atoms with Gasteiger partial charge in [0.15, 0.2) is 0 Å². The molecular weight excluding hydrogens is 323 g/mol. The predicted octanol–water partition coefficient (Wildman–Crippen LogP) is 2.44. The van der Waals surface area contributed by atoms with Crippen LogP contribution in [-0.2, 0) is 15.8 Å². The molecule has 0 radical (unpaired) electrons. The smallest absolute Gasteiger partial charge is 0.334 e. The highest BCUT2D eigenvalue weighted by Gasteiger charge is 2.30. The van der Waals surface area contributed by atoms with Gasteiger partial charge >= 0.3 is 6.18 Å². The number of alkyl halides is 3. The van der Waals surface area contributed by atoms with E-state index in [1.165, 1.54) is 24.0 Å². The summed E-state index contributed by atoms with van der Waals surface area (Å²) in [6.45, 7) is 2.46. The predicted molar refractivity (Wildman–Crippen MR) is 85.5 cm³/mol. The number of nitrogens with zero attached hydrogens (tertiary/aromatic N) is 2. The Hall–Kier alpha value is -2.09. The number of halogens is 3. The van der Waals surface area contributed by atoms with Crippen molar-refractivity contribution in [3.63, 3.8) is 0 Å². The second kappa shape index (κ2) is 8.68. The van der Waals surface area contributed by atoms with E-state index in [1.807, 2.05) is 19.0 Å². The number of carbonyl (C=O) groups excluding carboxylic acids is 2. The van der Waals surface area contributed by atoms with Gasteiger partial charge in [-0.1, -0.05) is 0 Å². The van der Waals surface area contributed by atoms with E-state index in [0.717, 1.165) is 25.1 Å². The van der Waals surface area contributed by atoms with Crippen molar-refractivity contribution in [2.24, 2.45) is 0 Å². The summed E-state index contributed by atoms with van der Waals surface area (Å²) in [4.78, 5) is 26.9. The first kappa shape index (κ1) is 20.0. The first-order valence-electron chi connectivity index (χ1n) is 7.47. The van der Waals surface area contributed by atoms with Gasteiger partial charge in [0, 0.05) is 19.2 Å². The third-order valence-electron chi connectivity index (χ3n) is 3.31. The van der Waals surface area contributed by atoms with E-state index in [9.17, 15) is 22.8 Å². The lowest BCUT2D eigenvalue weighted by atomic mass is 10.2. The number of nitrogens with one attached hydrogen (secondary N) is 1. The van der Waals surface area contributed by atoms with Gasteiger partial charge in [0.05, 0.1) is 12.1 Å². The Kier molecular flexibility index (Phi) is 7.21. The van der Waals surface area contributed by atoms with Gasteiger partial charge in [0.2, 0.25) is 11.8 Å². The largest absolute Gasteiger partial charge is 0.416 e. The lowest BCUT2D eigenvalue weighted by Gasteiger charge is -2.21. The summed E-state index contributed by atoms with van der Waals surface area (Å²) in [6, 6.07) is 4.17. The van der Waals surface area contributed by atoms with Crippen molar-refractivity contribution >= 4 is 17.5 Å². The molecule has 1 rings (SSSR count). The van der Waals surface area contributed by atoms with Gasteiger partial charge in [0.25, 0.3) is 0 Å². The average molecular weight is 345 g/mol. The van der Waals surface area contributed by atoms with Crippen LogP contribution >= 0.6 is 0 Å². The van der Waals surface area contributed by atoms with Crippen molar-refractivity contribution in [3.8, 4) is 0 Å². The number of benzene rings is 1. The quantitative estimate of drug-likeness (QED) is 0.826. The van der Waals surface area contributed by atoms with Crippen molar-refractivity contribution in [3.05, 3.63) is 29.8 Å². The maximum Gasteiger partial charge on any atom is 0.416 e. The molecule has 0 bridgehead atoms. The Labute approximate surface area is 139 Å². The minimum atomic E-state index is -4.42. The van der Waals surface area contributed by atoms with Crippen LogP contribution in [0.5, 0.6) is 0 Å². The zero-order valence-corrected chi connectivity index (χ0v) is 14.0. The van der Waals surface area contributed by atoms with Crippen LogP contribution in [0.4, 0.5) is 18.9 Å². The van der Waals surface area contributed by atoms with Crippen molar-refractivity contribution in [1.82, 2.24) is 9.80 Å². The number of anilines is 1. The molecule has 8 heteroatoms. The van der Waals surface area contributed by atoms with Crippen LogP contribution in [0.25, 0.3) is 0 Å². The van der Waals surface area contributed by atoms with Gasteiger partial charge in [-0.3, -0.25) is 9.59 Å². The SMILES string of the molecule is CC(=O)N(CCCN(C)C)CC(=O)Nc1ccc(C(F)(F)F)cc1. The third-order valence-corrected chi connectivity index (χ3v) is 3.31. The molecule has 0 unspecified atom stereocenters. The molecule has 0 atom stereocenters. The molecule has 0 spiro atoms. The van der Waals surface area contributed by atoms with Crippen LogP contribution in [-0.4, -0.2) is 55.3 Å². The fraction of sp³-hybridized carbons (Fsp3) is 0.500. The second-order valence-electron chi connectivity index (χ2n) is 5.72. The van der Waals surface area contributed by atoms with E-state index in [-0.39, 0.29) is 18.1 Å². The molecular formula is C16H22F3N3O2. The fourth-order valence-corrected chi connectivity index (χ4v) is 2.04. The highest BCUT2D eigenvalue weighted by molar-refractivity contribution is 5.94. The van der Waals surface area contributed by atoms with Crippen molar-refractivity contribution < 1.29 is 22.8 Å². The average Bonchev–Trinajstić information content (AvgIpc) is 2.45. The molecule has 134 valence electrons. The molecule has 1 N–H and O–H groups in total. The molecule has 0 fully saturated rings. The molecule has 1 aromatic rings. The third kappa shape index (κ3) is 6.99. The van der Waals surface area contributed by atoms with E-state index in [0.29, 0.717) is 6.54 Å². The van der Waals surface area contributed by atoms with Crippen molar-refractivity contribution in [2.45, 2.75) is 19.5 Å². The van der Waals surface area contributed by atoms with E-state index in [2.05, 4.69) is 5.32 Å². The first-order valence-corrected chi connectivity index (χ1v) is 7.47. The highest BCUT2D eigenvalue weighted by Crippen LogP contribution is 2.29. The normalized spacial score (nSPS) is 11.5. The summed E-state index contributed by atoms with van der Waals surface area (Å²) in [6.07, 6.45) is -3.69. The standard InChI is InChI=1S/C16H22F3N3O2/c1-12(23)22(10-4-9-21(2)3)11-15(24)20-14-7-5-13(6-8-14)16(17,18)19/h5-8H,4,9-11H2,1-3H3,(H,20,24). The van der Waals surface area contributed by atoms with Crippen molar-refractivity contribution in [1.29, 1.82) is 0 Å². The van der Waals surface area contributed by atoms with Crippen molar-refractivity contribution in [2.75, 3.05) is 39.0 Å². The van der Waals surface area contributed by atoms with Gasteiger partial charge in [-0.25, -0.2) is 0 Å². The first-order chi connectivity index (χ1) is 11.1. The van der Waals surface area contributed by atoms with Gasteiger partial charge in [-0.05, 0) is 51.3 Å². The van der Waals surface area contributed by atoms with Crippen LogP contribution in [0, 0.1) is 0 Å². The van der Waals surface area contributed by atoms with Crippen LogP contribution in [0.1, 0.15) is 18.9 Å². The second-order valence-corrected chi connectivity index (χ2v) is 5.72. The Morgan fingerprint density at radius 2 is 1.67 bits per heavy atom. The lowest BCUT2D eigenvalue weighted by molar-refractivity contribution is -0.137. The zero-order chi connectivity index (χ0) is 18.3. The Bertz CT molecular complexity index is 557. The minimum absolute atomic E-state index is 0.135. The molecule has 0 saturated heterocycles. The molecule has 0 saturated carbocycles. The van der Waals surface area contributed by atoms with Crippen LogP contribution < -0.4 is 5.32 Å². The summed E-state index contributed by atoms with van der Waals surface area (Å²) in [5.74, 6) is -0.675. The Morgan fingerprint density at radius 1 is 1.08 bits per heavy atom. The van der Waals surface area contributed by atoms with E-state index < -0.39 is 17.6 Å². The molecule has 24 heavy (non-hydrogen) atoms. The van der Waals surface area contributed by atoms with Gasteiger partial charge < -0.3 is 15.1 Å². The van der Waals surface area contributed by atoms with E-state index >= 15 is 0 Å². The Balaban J connectivity index is 2.57. The summed E-state index contributed by atoms with van der Waals surface area (Å²) in [5, 5.41) is 2.49. The number of carbonyl (C=O) groups is 2.